The molecule has 0 fully saturated rings. The SMILES string of the molecule is COC(=O)c1ccc(/C=C/C(=O)OCCOc2ccc(S(N)(=O)=O)cc2)cc1. The predicted molar refractivity (Wildman–Crippen MR) is 101 cm³/mol. The summed E-state index contributed by atoms with van der Waals surface area (Å²) in [5.74, 6) is -0.566. The summed E-state index contributed by atoms with van der Waals surface area (Å²) in [5, 5.41) is 5.01. The molecule has 8 nitrogen and oxygen atoms in total. The number of ether oxygens (including phenoxy) is 3. The maximum Gasteiger partial charge on any atom is 0.337 e. The topological polar surface area (TPSA) is 122 Å². The molecule has 9 heteroatoms. The van der Waals surface area contributed by atoms with Crippen molar-refractivity contribution in [2.45, 2.75) is 4.90 Å². The number of esters is 2. The van der Waals surface area contributed by atoms with Gasteiger partial charge in [0.25, 0.3) is 0 Å². The zero-order chi connectivity index (χ0) is 20.6. The van der Waals surface area contributed by atoms with E-state index >= 15 is 0 Å². The van der Waals surface area contributed by atoms with Crippen LogP contribution in [0, 0.1) is 0 Å². The maximum atomic E-state index is 11.7. The number of carbonyl (C=O) groups is 2. The van der Waals surface area contributed by atoms with Gasteiger partial charge >= 0.3 is 11.9 Å². The van der Waals surface area contributed by atoms with Crippen molar-refractivity contribution in [3.8, 4) is 5.75 Å². The molecular formula is C19H19NO7S. The number of carbonyl (C=O) groups excluding carboxylic acids is 2. The summed E-state index contributed by atoms with van der Waals surface area (Å²) >= 11 is 0. The summed E-state index contributed by atoms with van der Waals surface area (Å²) in [6, 6.07) is 12.1. The van der Waals surface area contributed by atoms with Crippen LogP contribution in [0.2, 0.25) is 0 Å². The number of primary sulfonamides is 1. The third-order valence-corrected chi connectivity index (χ3v) is 4.42. The minimum absolute atomic E-state index is 0.0153. The second-order valence-electron chi connectivity index (χ2n) is 5.48. The number of sulfonamides is 1. The number of methoxy groups -OCH3 is 1. The molecule has 0 unspecified atom stereocenters. The first kappa shape index (κ1) is 21.1. The van der Waals surface area contributed by atoms with Crippen LogP contribution in [0.15, 0.2) is 59.5 Å². The van der Waals surface area contributed by atoms with Crippen LogP contribution in [0.4, 0.5) is 0 Å². The average Bonchev–Trinajstić information content (AvgIpc) is 2.69. The zero-order valence-corrected chi connectivity index (χ0v) is 15.8. The lowest BCUT2D eigenvalue weighted by atomic mass is 10.1. The molecule has 0 heterocycles. The molecule has 0 amide bonds. The molecule has 2 aromatic carbocycles. The van der Waals surface area contributed by atoms with Crippen molar-refractivity contribution in [1.29, 1.82) is 0 Å². The van der Waals surface area contributed by atoms with E-state index in [2.05, 4.69) is 4.74 Å². The largest absolute Gasteiger partial charge is 0.490 e. The number of nitrogens with two attached hydrogens (primary N) is 1. The lowest BCUT2D eigenvalue weighted by molar-refractivity contribution is -0.138. The first-order valence-corrected chi connectivity index (χ1v) is 9.63. The van der Waals surface area contributed by atoms with Crippen LogP contribution >= 0.6 is 0 Å². The zero-order valence-electron chi connectivity index (χ0n) is 15.0. The number of hydrogen-bond donors (Lipinski definition) is 1. The van der Waals surface area contributed by atoms with Crippen molar-refractivity contribution < 1.29 is 32.2 Å². The quantitative estimate of drug-likeness (QED) is 0.403. The van der Waals surface area contributed by atoms with E-state index in [1.807, 2.05) is 0 Å². The molecule has 0 spiro atoms. The van der Waals surface area contributed by atoms with Crippen molar-refractivity contribution in [3.05, 3.63) is 65.7 Å². The molecule has 28 heavy (non-hydrogen) atoms. The van der Waals surface area contributed by atoms with Gasteiger partial charge in [-0.3, -0.25) is 0 Å². The number of benzene rings is 2. The van der Waals surface area contributed by atoms with Crippen LogP contribution < -0.4 is 9.88 Å². The van der Waals surface area contributed by atoms with E-state index in [0.29, 0.717) is 11.3 Å². The Morgan fingerprint density at radius 2 is 1.64 bits per heavy atom. The van der Waals surface area contributed by atoms with Crippen LogP contribution in [0.25, 0.3) is 6.08 Å². The van der Waals surface area contributed by atoms with E-state index in [4.69, 9.17) is 14.6 Å². The molecule has 0 aliphatic carbocycles. The third kappa shape index (κ3) is 6.53. The molecule has 148 valence electrons. The van der Waals surface area contributed by atoms with Gasteiger partial charge in [0.1, 0.15) is 19.0 Å². The predicted octanol–water partition coefficient (Wildman–Crippen LogP) is 1.76. The Hall–Kier alpha value is -3.17. The molecule has 0 aliphatic rings. The molecule has 2 N–H and O–H groups in total. The summed E-state index contributed by atoms with van der Waals surface area (Å²) in [6.07, 6.45) is 2.81. The first-order chi connectivity index (χ1) is 13.3. The van der Waals surface area contributed by atoms with Gasteiger partial charge in [0, 0.05) is 6.08 Å². The van der Waals surface area contributed by atoms with Crippen molar-refractivity contribution in [2.75, 3.05) is 20.3 Å². The molecule has 2 aromatic rings. The minimum Gasteiger partial charge on any atom is -0.490 e. The number of hydrogen-bond acceptors (Lipinski definition) is 7. The highest BCUT2D eigenvalue weighted by Crippen LogP contribution is 2.14. The highest BCUT2D eigenvalue weighted by Gasteiger charge is 2.07. The number of rotatable bonds is 8. The van der Waals surface area contributed by atoms with Gasteiger partial charge in [-0.05, 0) is 48.0 Å². The molecule has 0 bridgehead atoms. The van der Waals surface area contributed by atoms with Crippen molar-refractivity contribution in [3.63, 3.8) is 0 Å². The highest BCUT2D eigenvalue weighted by molar-refractivity contribution is 7.89. The van der Waals surface area contributed by atoms with Crippen LogP contribution in [-0.2, 0) is 24.3 Å². The Kier molecular flexibility index (Phi) is 7.30. The van der Waals surface area contributed by atoms with Crippen LogP contribution in [0.5, 0.6) is 5.75 Å². The second-order valence-corrected chi connectivity index (χ2v) is 7.04. The summed E-state index contributed by atoms with van der Waals surface area (Å²) in [4.78, 5) is 23.0. The van der Waals surface area contributed by atoms with E-state index in [0.717, 1.165) is 5.56 Å². The van der Waals surface area contributed by atoms with Crippen molar-refractivity contribution in [1.82, 2.24) is 0 Å². The van der Waals surface area contributed by atoms with Gasteiger partial charge in [-0.1, -0.05) is 12.1 Å². The van der Waals surface area contributed by atoms with E-state index in [9.17, 15) is 18.0 Å². The fourth-order valence-corrected chi connectivity index (χ4v) is 2.60. The van der Waals surface area contributed by atoms with Gasteiger partial charge in [-0.25, -0.2) is 23.1 Å². The Bertz CT molecular complexity index is 949. The van der Waals surface area contributed by atoms with Gasteiger partial charge in [0.2, 0.25) is 10.0 Å². The Balaban J connectivity index is 1.75. The molecule has 0 radical (unpaired) electrons. The smallest absolute Gasteiger partial charge is 0.337 e. The van der Waals surface area contributed by atoms with Gasteiger partial charge in [0.05, 0.1) is 17.6 Å². The Morgan fingerprint density at radius 1 is 1.00 bits per heavy atom. The van der Waals surface area contributed by atoms with E-state index in [-0.39, 0.29) is 18.1 Å². The average molecular weight is 405 g/mol. The first-order valence-electron chi connectivity index (χ1n) is 8.08. The molecule has 0 aliphatic heterocycles. The lowest BCUT2D eigenvalue weighted by Crippen LogP contribution is -2.12. The summed E-state index contributed by atoms with van der Waals surface area (Å²) in [5.41, 5.74) is 1.13. The summed E-state index contributed by atoms with van der Waals surface area (Å²) in [7, 11) is -2.45. The molecule has 0 saturated carbocycles. The normalized spacial score (nSPS) is 11.2. The highest BCUT2D eigenvalue weighted by atomic mass is 32.2. The van der Waals surface area contributed by atoms with Gasteiger partial charge in [-0.15, -0.1) is 0 Å². The molecule has 0 saturated heterocycles. The third-order valence-electron chi connectivity index (χ3n) is 3.49. The van der Waals surface area contributed by atoms with Crippen LogP contribution in [0.3, 0.4) is 0 Å². The fraction of sp³-hybridized carbons (Fsp3) is 0.158. The molecule has 0 atom stereocenters. The van der Waals surface area contributed by atoms with Crippen molar-refractivity contribution in [2.24, 2.45) is 5.14 Å². The maximum absolute atomic E-state index is 11.7. The van der Waals surface area contributed by atoms with E-state index in [1.165, 1.54) is 37.5 Å². The fourth-order valence-electron chi connectivity index (χ4n) is 2.09. The Morgan fingerprint density at radius 3 is 2.21 bits per heavy atom. The van der Waals surface area contributed by atoms with Crippen LogP contribution in [0.1, 0.15) is 15.9 Å². The Labute approximate surface area is 162 Å². The van der Waals surface area contributed by atoms with Crippen molar-refractivity contribution >= 4 is 28.0 Å². The van der Waals surface area contributed by atoms with E-state index in [1.54, 1.807) is 30.3 Å². The minimum atomic E-state index is -3.75. The summed E-state index contributed by atoms with van der Waals surface area (Å²) < 4.78 is 37.3. The monoisotopic (exact) mass is 405 g/mol. The van der Waals surface area contributed by atoms with Gasteiger partial charge < -0.3 is 14.2 Å². The lowest BCUT2D eigenvalue weighted by Gasteiger charge is -2.07. The standard InChI is InChI=1S/C19H19NO7S/c1-25-19(22)15-5-2-14(3-6-15)4-11-18(21)27-13-12-26-16-7-9-17(10-8-16)28(20,23)24/h2-11H,12-13H2,1H3,(H2,20,23,24)/b11-4+. The molecule has 2 rings (SSSR count). The summed E-state index contributed by atoms with van der Waals surface area (Å²) in [6.45, 7) is 0.115. The van der Waals surface area contributed by atoms with Gasteiger partial charge in [-0.2, -0.15) is 0 Å². The van der Waals surface area contributed by atoms with Crippen LogP contribution in [-0.4, -0.2) is 40.7 Å². The molecule has 0 aromatic heterocycles. The molecular weight excluding hydrogens is 386 g/mol. The van der Waals surface area contributed by atoms with Gasteiger partial charge in [0.15, 0.2) is 0 Å². The van der Waals surface area contributed by atoms with E-state index < -0.39 is 22.0 Å². The second kappa shape index (κ2) is 9.67.